The fourth-order valence-electron chi connectivity index (χ4n) is 2.39. The van der Waals surface area contributed by atoms with Crippen molar-refractivity contribution in [2.24, 2.45) is 19.2 Å². The second kappa shape index (κ2) is 6.48. The summed E-state index contributed by atoms with van der Waals surface area (Å²) in [6.45, 7) is 1.66. The maximum Gasteiger partial charge on any atom is 0.332 e. The van der Waals surface area contributed by atoms with Gasteiger partial charge in [0, 0.05) is 19.0 Å². The number of hydrogen-bond acceptors (Lipinski definition) is 6. The van der Waals surface area contributed by atoms with Gasteiger partial charge in [-0.25, -0.2) is 15.2 Å². The van der Waals surface area contributed by atoms with Crippen molar-refractivity contribution in [1.29, 1.82) is 0 Å². The molecular formula is C15H16N6O3S. The van der Waals surface area contributed by atoms with E-state index in [1.165, 1.54) is 40.9 Å². The van der Waals surface area contributed by atoms with Gasteiger partial charge in [0.2, 0.25) is 0 Å². The Morgan fingerprint density at radius 2 is 2.08 bits per heavy atom. The number of carbonyl (C=O) groups is 1. The van der Waals surface area contributed by atoms with Crippen LogP contribution in [0.15, 0.2) is 38.5 Å². The van der Waals surface area contributed by atoms with Crippen molar-refractivity contribution in [1.82, 2.24) is 24.1 Å². The fraction of sp³-hybridized carbons (Fsp3) is 0.267. The third-order valence-electron chi connectivity index (χ3n) is 3.76. The third kappa shape index (κ3) is 3.03. The van der Waals surface area contributed by atoms with Crippen LogP contribution in [-0.4, -0.2) is 30.3 Å². The van der Waals surface area contributed by atoms with Gasteiger partial charge in [-0.05, 0) is 18.4 Å². The van der Waals surface area contributed by atoms with Crippen LogP contribution in [0.3, 0.4) is 0 Å². The van der Waals surface area contributed by atoms with Gasteiger partial charge in [0.15, 0.2) is 11.2 Å². The summed E-state index contributed by atoms with van der Waals surface area (Å²) in [7, 11) is 2.91. The molecule has 0 radical (unpaired) electrons. The Hall–Kier alpha value is -3.01. The maximum atomic E-state index is 12.3. The van der Waals surface area contributed by atoms with Crippen molar-refractivity contribution in [3.05, 3.63) is 49.6 Å². The van der Waals surface area contributed by atoms with Crippen LogP contribution >= 0.6 is 11.3 Å². The number of nitrogens with one attached hydrogen (secondary N) is 1. The zero-order valence-corrected chi connectivity index (χ0v) is 14.7. The summed E-state index contributed by atoms with van der Waals surface area (Å²) in [6.07, 6.45) is 1.36. The molecule has 10 heteroatoms. The maximum absolute atomic E-state index is 12.3. The highest BCUT2D eigenvalue weighted by Crippen LogP contribution is 2.09. The molecule has 1 N–H and O–H groups in total. The van der Waals surface area contributed by atoms with Crippen molar-refractivity contribution in [2.75, 3.05) is 0 Å². The van der Waals surface area contributed by atoms with Crippen LogP contribution in [0.25, 0.3) is 11.2 Å². The first kappa shape index (κ1) is 16.8. The van der Waals surface area contributed by atoms with Crippen LogP contribution in [0, 0.1) is 0 Å². The Morgan fingerprint density at radius 3 is 2.76 bits per heavy atom. The van der Waals surface area contributed by atoms with E-state index in [9.17, 15) is 14.4 Å². The molecule has 0 aliphatic heterocycles. The number of hydrazone groups is 1. The second-order valence-electron chi connectivity index (χ2n) is 5.46. The van der Waals surface area contributed by atoms with Gasteiger partial charge < -0.3 is 4.57 Å². The minimum atomic E-state index is -0.498. The summed E-state index contributed by atoms with van der Waals surface area (Å²) in [5, 5.41) is 5.98. The summed E-state index contributed by atoms with van der Waals surface area (Å²) in [6, 6.07) is 3.81. The van der Waals surface area contributed by atoms with Gasteiger partial charge in [-0.3, -0.25) is 18.7 Å². The quantitative estimate of drug-likeness (QED) is 0.524. The Bertz CT molecular complexity index is 1090. The lowest BCUT2D eigenvalue weighted by molar-refractivity contribution is -0.121. The lowest BCUT2D eigenvalue weighted by Gasteiger charge is -2.06. The summed E-state index contributed by atoms with van der Waals surface area (Å²) >= 11 is 1.52. The van der Waals surface area contributed by atoms with Crippen LogP contribution in [0.4, 0.5) is 0 Å². The van der Waals surface area contributed by atoms with Crippen molar-refractivity contribution in [3.63, 3.8) is 0 Å². The number of imidazole rings is 1. The zero-order valence-electron chi connectivity index (χ0n) is 13.9. The first-order valence-corrected chi connectivity index (χ1v) is 8.26. The normalized spacial score (nSPS) is 11.9. The number of fused-ring (bicyclic) bond motifs is 1. The van der Waals surface area contributed by atoms with Crippen LogP contribution in [-0.2, 0) is 25.4 Å². The van der Waals surface area contributed by atoms with E-state index in [1.54, 1.807) is 6.92 Å². The highest BCUT2D eigenvalue weighted by Gasteiger charge is 2.15. The van der Waals surface area contributed by atoms with Gasteiger partial charge in [0.05, 0.1) is 12.0 Å². The van der Waals surface area contributed by atoms with Crippen molar-refractivity contribution >= 4 is 34.1 Å². The second-order valence-corrected chi connectivity index (χ2v) is 6.41. The summed E-state index contributed by atoms with van der Waals surface area (Å²) < 4.78 is 3.66. The SMILES string of the molecule is C/C(=N\NC(=O)Cn1cnc2c1c(=O)n(C)c(=O)n2C)c1cccs1. The number of carbonyl (C=O) groups excluding carboxylic acids is 1. The zero-order chi connectivity index (χ0) is 18.1. The average Bonchev–Trinajstić information content (AvgIpc) is 3.26. The molecule has 3 rings (SSSR count). The lowest BCUT2D eigenvalue weighted by atomic mass is 10.3. The molecule has 130 valence electrons. The highest BCUT2D eigenvalue weighted by atomic mass is 32.1. The van der Waals surface area contributed by atoms with E-state index in [2.05, 4.69) is 15.5 Å². The van der Waals surface area contributed by atoms with E-state index in [0.29, 0.717) is 5.71 Å². The van der Waals surface area contributed by atoms with E-state index < -0.39 is 17.2 Å². The van der Waals surface area contributed by atoms with Crippen LogP contribution < -0.4 is 16.7 Å². The molecule has 0 aromatic carbocycles. The monoisotopic (exact) mass is 360 g/mol. The molecule has 1 amide bonds. The molecule has 3 aromatic heterocycles. The molecule has 0 spiro atoms. The fourth-order valence-corrected chi connectivity index (χ4v) is 3.07. The minimum Gasteiger partial charge on any atom is -0.315 e. The van der Waals surface area contributed by atoms with Gasteiger partial charge in [0.1, 0.15) is 6.54 Å². The van der Waals surface area contributed by atoms with Crippen LogP contribution in [0.2, 0.25) is 0 Å². The molecule has 3 heterocycles. The van der Waals surface area contributed by atoms with Crippen molar-refractivity contribution in [2.45, 2.75) is 13.5 Å². The molecule has 9 nitrogen and oxygen atoms in total. The first-order chi connectivity index (χ1) is 11.9. The van der Waals surface area contributed by atoms with E-state index >= 15 is 0 Å². The number of nitrogens with zero attached hydrogens (tertiary/aromatic N) is 5. The minimum absolute atomic E-state index is 0.134. The van der Waals surface area contributed by atoms with E-state index in [-0.39, 0.29) is 17.7 Å². The van der Waals surface area contributed by atoms with E-state index in [0.717, 1.165) is 9.44 Å². The van der Waals surface area contributed by atoms with Gasteiger partial charge in [-0.15, -0.1) is 11.3 Å². The van der Waals surface area contributed by atoms with Crippen LogP contribution in [0.1, 0.15) is 11.8 Å². The molecule has 0 aliphatic rings. The first-order valence-electron chi connectivity index (χ1n) is 7.38. The topological polar surface area (TPSA) is 103 Å². The number of aryl methyl sites for hydroxylation is 1. The van der Waals surface area contributed by atoms with Crippen molar-refractivity contribution < 1.29 is 4.79 Å². The highest BCUT2D eigenvalue weighted by molar-refractivity contribution is 7.12. The Morgan fingerprint density at radius 1 is 1.32 bits per heavy atom. The predicted octanol–water partition coefficient (Wildman–Crippen LogP) is 0.0356. The number of amides is 1. The molecule has 0 bridgehead atoms. The Labute approximate surface area is 145 Å². The standard InChI is InChI=1S/C15H16N6O3S/c1-9(10-5-4-6-25-10)17-18-11(22)7-21-8-16-13-12(21)14(23)20(3)15(24)19(13)2/h4-6,8H,7H2,1-3H3,(H,18,22)/b17-9+. The predicted molar refractivity (Wildman–Crippen MR) is 94.9 cm³/mol. The number of hydrogen-bond donors (Lipinski definition) is 1. The molecule has 0 atom stereocenters. The molecule has 3 aromatic rings. The molecule has 0 saturated heterocycles. The van der Waals surface area contributed by atoms with Gasteiger partial charge in [-0.1, -0.05) is 6.07 Å². The molecule has 0 unspecified atom stereocenters. The molecular weight excluding hydrogens is 344 g/mol. The summed E-state index contributed by atoms with van der Waals surface area (Å²) in [5.74, 6) is -0.397. The average molecular weight is 360 g/mol. The Kier molecular flexibility index (Phi) is 4.36. The molecule has 0 saturated carbocycles. The Balaban J connectivity index is 1.86. The molecule has 0 aliphatic carbocycles. The van der Waals surface area contributed by atoms with Crippen molar-refractivity contribution in [3.8, 4) is 0 Å². The number of thiophene rings is 1. The van der Waals surface area contributed by atoms with E-state index in [4.69, 9.17) is 0 Å². The van der Waals surface area contributed by atoms with Gasteiger partial charge in [0.25, 0.3) is 11.5 Å². The summed E-state index contributed by atoms with van der Waals surface area (Å²) in [4.78, 5) is 41.4. The third-order valence-corrected chi connectivity index (χ3v) is 4.74. The van der Waals surface area contributed by atoms with Gasteiger partial charge in [-0.2, -0.15) is 5.10 Å². The largest absolute Gasteiger partial charge is 0.332 e. The van der Waals surface area contributed by atoms with Crippen LogP contribution in [0.5, 0.6) is 0 Å². The van der Waals surface area contributed by atoms with E-state index in [1.807, 2.05) is 17.5 Å². The smallest absolute Gasteiger partial charge is 0.315 e. The number of rotatable bonds is 4. The lowest BCUT2D eigenvalue weighted by Crippen LogP contribution is -2.38. The molecule has 0 fully saturated rings. The number of aromatic nitrogens is 4. The summed E-state index contributed by atoms with van der Waals surface area (Å²) in [5.41, 5.74) is 2.62. The molecule has 25 heavy (non-hydrogen) atoms. The van der Waals surface area contributed by atoms with Gasteiger partial charge >= 0.3 is 5.69 Å².